The molecule has 17 heavy (non-hydrogen) atoms. The molecule has 2 aromatic carbocycles. The molecule has 2 nitrogen and oxygen atoms in total. The first-order chi connectivity index (χ1) is 8.18. The van der Waals surface area contributed by atoms with E-state index in [2.05, 4.69) is 0 Å². The van der Waals surface area contributed by atoms with E-state index in [1.54, 1.807) is 12.1 Å². The number of aromatic hydroxyl groups is 1. The fraction of sp³-hybridized carbons (Fsp3) is 0. The third-order valence-electron chi connectivity index (χ3n) is 2.66. The smallest absolute Gasteiger partial charge is 0.197 e. The topological polar surface area (TPSA) is 37.3 Å². The van der Waals surface area contributed by atoms with Gasteiger partial charge in [0.05, 0.1) is 10.4 Å². The molecule has 0 amide bonds. The summed E-state index contributed by atoms with van der Waals surface area (Å²) in [5, 5.41) is 10.7. The molecule has 0 aliphatic heterocycles. The summed E-state index contributed by atoms with van der Waals surface area (Å²) in [6, 6.07) is 10.6. The lowest BCUT2D eigenvalue weighted by atomic mass is 10.2. The molecule has 0 radical (unpaired) electrons. The lowest BCUT2D eigenvalue weighted by Gasteiger charge is -2.03. The summed E-state index contributed by atoms with van der Waals surface area (Å²) in [4.78, 5) is 12.3. The van der Waals surface area contributed by atoms with Crippen LogP contribution in [-0.2, 0) is 0 Å². The highest BCUT2D eigenvalue weighted by Gasteiger charge is 2.11. The van der Waals surface area contributed by atoms with Crippen molar-refractivity contribution in [2.75, 3.05) is 0 Å². The second-order valence-corrected chi connectivity index (χ2v) is 5.16. The number of phenolic OH excluding ortho intramolecular Hbond substituents is 1. The van der Waals surface area contributed by atoms with E-state index in [0.717, 1.165) is 9.40 Å². The van der Waals surface area contributed by atoms with Crippen molar-refractivity contribution in [2.24, 2.45) is 0 Å². The third-order valence-corrected chi connectivity index (χ3v) is 4.18. The molecule has 1 N–H and O–H groups in total. The van der Waals surface area contributed by atoms with E-state index in [-0.39, 0.29) is 16.2 Å². The molecule has 1 aromatic heterocycles. The summed E-state index contributed by atoms with van der Waals surface area (Å²) in [6.07, 6.45) is 0. The molecule has 4 heteroatoms. The highest BCUT2D eigenvalue weighted by Crippen LogP contribution is 2.34. The van der Waals surface area contributed by atoms with Crippen molar-refractivity contribution in [3.63, 3.8) is 0 Å². The van der Waals surface area contributed by atoms with Crippen molar-refractivity contribution < 1.29 is 5.11 Å². The number of phenols is 1. The Morgan fingerprint density at radius 2 is 1.82 bits per heavy atom. The van der Waals surface area contributed by atoms with Crippen molar-refractivity contribution in [1.29, 1.82) is 0 Å². The molecule has 0 saturated carbocycles. The SMILES string of the molecule is O=c1c2ccccc2sc2ccc(O)c(Cl)c12. The van der Waals surface area contributed by atoms with Crippen LogP contribution in [0.15, 0.2) is 41.2 Å². The molecule has 1 heterocycles. The molecule has 0 fully saturated rings. The van der Waals surface area contributed by atoms with Crippen molar-refractivity contribution >= 4 is 43.1 Å². The normalized spacial score (nSPS) is 11.1. The van der Waals surface area contributed by atoms with Crippen LogP contribution < -0.4 is 5.43 Å². The number of hydrogen-bond donors (Lipinski definition) is 1. The van der Waals surface area contributed by atoms with Gasteiger partial charge in [0.25, 0.3) is 0 Å². The maximum atomic E-state index is 12.3. The first kappa shape index (κ1) is 10.6. The van der Waals surface area contributed by atoms with Gasteiger partial charge in [-0.2, -0.15) is 0 Å². The molecule has 0 unspecified atom stereocenters. The summed E-state index contributed by atoms with van der Waals surface area (Å²) in [7, 11) is 0. The standard InChI is InChI=1S/C13H7ClO2S/c14-12-8(15)5-6-10-11(12)13(16)7-3-1-2-4-9(7)17-10/h1-6,15H. The molecular weight excluding hydrogens is 256 g/mol. The maximum Gasteiger partial charge on any atom is 0.197 e. The molecule has 3 rings (SSSR count). The van der Waals surface area contributed by atoms with Gasteiger partial charge in [-0.15, -0.1) is 11.3 Å². The number of hydrogen-bond acceptors (Lipinski definition) is 3. The Kier molecular flexibility index (Phi) is 2.31. The van der Waals surface area contributed by atoms with Crippen LogP contribution in [0.3, 0.4) is 0 Å². The third kappa shape index (κ3) is 1.51. The van der Waals surface area contributed by atoms with Gasteiger partial charge in [-0.3, -0.25) is 4.79 Å². The molecule has 0 saturated heterocycles. The van der Waals surface area contributed by atoms with Crippen LogP contribution >= 0.6 is 22.9 Å². The lowest BCUT2D eigenvalue weighted by molar-refractivity contribution is 0.476. The second-order valence-electron chi connectivity index (χ2n) is 3.70. The highest BCUT2D eigenvalue weighted by atomic mass is 35.5. The number of benzene rings is 2. The number of halogens is 1. The van der Waals surface area contributed by atoms with Gasteiger partial charge in [-0.25, -0.2) is 0 Å². The van der Waals surface area contributed by atoms with E-state index in [4.69, 9.17) is 11.6 Å². The Hall–Kier alpha value is -1.58. The predicted octanol–water partition coefficient (Wildman–Crippen LogP) is 3.77. The molecule has 84 valence electrons. The minimum absolute atomic E-state index is 0.0567. The van der Waals surface area contributed by atoms with Crippen LogP contribution in [0.4, 0.5) is 0 Å². The zero-order valence-electron chi connectivity index (χ0n) is 8.61. The van der Waals surface area contributed by atoms with Gasteiger partial charge >= 0.3 is 0 Å². The Labute approximate surface area is 106 Å². The van der Waals surface area contributed by atoms with Gasteiger partial charge in [0, 0.05) is 14.8 Å². The molecule has 0 atom stereocenters. The zero-order valence-corrected chi connectivity index (χ0v) is 10.2. The van der Waals surface area contributed by atoms with Crippen molar-refractivity contribution in [1.82, 2.24) is 0 Å². The van der Waals surface area contributed by atoms with Gasteiger partial charge in [0.15, 0.2) is 5.43 Å². The van der Waals surface area contributed by atoms with E-state index in [1.165, 1.54) is 17.4 Å². The van der Waals surface area contributed by atoms with Gasteiger partial charge in [-0.1, -0.05) is 23.7 Å². The summed E-state index contributed by atoms with van der Waals surface area (Å²) < 4.78 is 1.71. The average Bonchev–Trinajstić information content (AvgIpc) is 2.34. The number of rotatable bonds is 0. The van der Waals surface area contributed by atoms with Crippen LogP contribution in [-0.4, -0.2) is 5.11 Å². The van der Waals surface area contributed by atoms with Crippen LogP contribution in [0.25, 0.3) is 20.2 Å². The van der Waals surface area contributed by atoms with E-state index in [0.29, 0.717) is 10.8 Å². The van der Waals surface area contributed by atoms with Crippen molar-refractivity contribution in [3.05, 3.63) is 51.6 Å². The molecular formula is C13H7ClO2S. The van der Waals surface area contributed by atoms with Crippen molar-refractivity contribution in [3.8, 4) is 5.75 Å². The van der Waals surface area contributed by atoms with E-state index < -0.39 is 0 Å². The molecule has 0 bridgehead atoms. The Balaban J connectivity index is 2.66. The van der Waals surface area contributed by atoms with Crippen LogP contribution in [0.1, 0.15) is 0 Å². The molecule has 0 spiro atoms. The van der Waals surface area contributed by atoms with E-state index in [9.17, 15) is 9.90 Å². The Morgan fingerprint density at radius 3 is 2.65 bits per heavy atom. The first-order valence-corrected chi connectivity index (χ1v) is 6.21. The highest BCUT2D eigenvalue weighted by molar-refractivity contribution is 7.24. The predicted molar refractivity (Wildman–Crippen MR) is 72.3 cm³/mol. The summed E-state index contributed by atoms with van der Waals surface area (Å²) >= 11 is 7.48. The monoisotopic (exact) mass is 262 g/mol. The molecule has 0 aliphatic rings. The lowest BCUT2D eigenvalue weighted by Crippen LogP contribution is -2.01. The van der Waals surface area contributed by atoms with E-state index in [1.807, 2.05) is 18.2 Å². The van der Waals surface area contributed by atoms with Crippen LogP contribution in [0.5, 0.6) is 5.75 Å². The van der Waals surface area contributed by atoms with E-state index >= 15 is 0 Å². The van der Waals surface area contributed by atoms with Crippen molar-refractivity contribution in [2.45, 2.75) is 0 Å². The largest absolute Gasteiger partial charge is 0.506 e. The van der Waals surface area contributed by atoms with Gasteiger partial charge < -0.3 is 5.11 Å². The summed E-state index contributed by atoms with van der Waals surface area (Å²) in [5.41, 5.74) is -0.129. The average molecular weight is 263 g/mol. The molecule has 0 aliphatic carbocycles. The molecule has 3 aromatic rings. The van der Waals surface area contributed by atoms with Gasteiger partial charge in [-0.05, 0) is 24.3 Å². The fourth-order valence-electron chi connectivity index (χ4n) is 1.84. The maximum absolute atomic E-state index is 12.3. The van der Waals surface area contributed by atoms with Crippen LogP contribution in [0.2, 0.25) is 5.02 Å². The fourth-order valence-corrected chi connectivity index (χ4v) is 3.23. The minimum Gasteiger partial charge on any atom is -0.506 e. The van der Waals surface area contributed by atoms with Gasteiger partial charge in [0.1, 0.15) is 5.75 Å². The van der Waals surface area contributed by atoms with Gasteiger partial charge in [0.2, 0.25) is 0 Å². The minimum atomic E-state index is -0.129. The summed E-state index contributed by atoms with van der Waals surface area (Å²) in [6.45, 7) is 0. The van der Waals surface area contributed by atoms with Crippen LogP contribution in [0, 0.1) is 0 Å². The second kappa shape index (κ2) is 3.72. The zero-order chi connectivity index (χ0) is 12.0. The first-order valence-electron chi connectivity index (χ1n) is 5.01. The summed E-state index contributed by atoms with van der Waals surface area (Å²) in [5.74, 6) is -0.0567. The Morgan fingerprint density at radius 1 is 1.06 bits per heavy atom. The quantitative estimate of drug-likeness (QED) is 0.626. The Bertz CT molecular complexity index is 792. The number of fused-ring (bicyclic) bond motifs is 2.